The van der Waals surface area contributed by atoms with Gasteiger partial charge in [0.15, 0.2) is 0 Å². The highest BCUT2D eigenvalue weighted by Crippen LogP contribution is 2.31. The number of urea groups is 1. The summed E-state index contributed by atoms with van der Waals surface area (Å²) in [6.45, 7) is 7.29. The first-order valence-corrected chi connectivity index (χ1v) is 8.52. The summed E-state index contributed by atoms with van der Waals surface area (Å²) in [5.74, 6) is -0.449. The zero-order valence-corrected chi connectivity index (χ0v) is 13.2. The number of amides is 2. The summed E-state index contributed by atoms with van der Waals surface area (Å²) in [7, 11) is 0. The van der Waals surface area contributed by atoms with Crippen LogP contribution in [0.1, 0.15) is 13.3 Å². The van der Waals surface area contributed by atoms with E-state index >= 15 is 0 Å². The number of carbonyl (C=O) groups excluding carboxylic acids is 1. The molecule has 0 aromatic carbocycles. The van der Waals surface area contributed by atoms with Gasteiger partial charge < -0.3 is 15.7 Å². The number of nitrogens with zero attached hydrogens (tertiary/aromatic N) is 2. The SMILES string of the molecule is CCC1SCC(C(=O)O)N1C(=O)NCCN1CCNCC1. The molecule has 0 radical (unpaired) electrons. The van der Waals surface area contributed by atoms with Crippen LogP contribution >= 0.6 is 11.8 Å². The van der Waals surface area contributed by atoms with Gasteiger partial charge in [0.25, 0.3) is 0 Å². The van der Waals surface area contributed by atoms with E-state index in [0.29, 0.717) is 12.3 Å². The van der Waals surface area contributed by atoms with Crippen LogP contribution in [-0.2, 0) is 4.79 Å². The standard InChI is InChI=1S/C13H24N4O3S/c1-2-11-17(10(9-21-11)12(18)19)13(20)15-5-8-16-6-3-14-4-7-16/h10-11,14H,2-9H2,1H3,(H,15,20)(H,18,19). The zero-order valence-electron chi connectivity index (χ0n) is 12.4. The number of hydrogen-bond acceptors (Lipinski definition) is 5. The molecule has 0 aliphatic carbocycles. The van der Waals surface area contributed by atoms with Crippen LogP contribution in [0.3, 0.4) is 0 Å². The maximum Gasteiger partial charge on any atom is 0.327 e. The fourth-order valence-electron chi connectivity index (χ4n) is 2.69. The Bertz CT molecular complexity index is 376. The second-order valence-electron chi connectivity index (χ2n) is 5.28. The van der Waals surface area contributed by atoms with Gasteiger partial charge in [0.2, 0.25) is 0 Å². The molecular weight excluding hydrogens is 292 g/mol. The number of piperazine rings is 1. The van der Waals surface area contributed by atoms with Gasteiger partial charge in [0.1, 0.15) is 6.04 Å². The monoisotopic (exact) mass is 316 g/mol. The number of carbonyl (C=O) groups is 2. The third-order valence-corrected chi connectivity index (χ3v) is 5.33. The molecule has 2 heterocycles. The van der Waals surface area contributed by atoms with E-state index in [2.05, 4.69) is 15.5 Å². The molecule has 8 heteroatoms. The van der Waals surface area contributed by atoms with Crippen molar-refractivity contribution in [1.82, 2.24) is 20.4 Å². The van der Waals surface area contributed by atoms with Gasteiger partial charge >= 0.3 is 12.0 Å². The number of carboxylic acid groups (broad SMARTS) is 1. The minimum absolute atomic E-state index is 0.0368. The molecule has 2 fully saturated rings. The Balaban J connectivity index is 1.81. The first-order chi connectivity index (χ1) is 10.1. The number of hydrogen-bond donors (Lipinski definition) is 3. The van der Waals surface area contributed by atoms with Gasteiger partial charge in [-0.15, -0.1) is 11.8 Å². The molecule has 21 heavy (non-hydrogen) atoms. The van der Waals surface area contributed by atoms with Gasteiger partial charge in [-0.2, -0.15) is 0 Å². The van der Waals surface area contributed by atoms with Crippen molar-refractivity contribution < 1.29 is 14.7 Å². The lowest BCUT2D eigenvalue weighted by Crippen LogP contribution is -2.52. The smallest absolute Gasteiger partial charge is 0.327 e. The molecule has 2 amide bonds. The minimum atomic E-state index is -0.921. The van der Waals surface area contributed by atoms with Crippen molar-refractivity contribution in [2.75, 3.05) is 45.0 Å². The summed E-state index contributed by atoms with van der Waals surface area (Å²) in [4.78, 5) is 27.3. The fourth-order valence-corrected chi connectivity index (χ4v) is 4.03. The maximum atomic E-state index is 12.3. The summed E-state index contributed by atoms with van der Waals surface area (Å²) < 4.78 is 0. The molecule has 0 aromatic rings. The topological polar surface area (TPSA) is 84.9 Å². The lowest BCUT2D eigenvalue weighted by molar-refractivity contribution is -0.141. The van der Waals surface area contributed by atoms with Gasteiger partial charge in [0, 0.05) is 45.0 Å². The van der Waals surface area contributed by atoms with Crippen LogP contribution in [0.5, 0.6) is 0 Å². The summed E-state index contributed by atoms with van der Waals surface area (Å²) >= 11 is 1.54. The van der Waals surface area contributed by atoms with E-state index in [9.17, 15) is 14.7 Å². The molecule has 0 aromatic heterocycles. The molecule has 2 atom stereocenters. The van der Waals surface area contributed by atoms with E-state index in [1.54, 1.807) is 11.8 Å². The largest absolute Gasteiger partial charge is 0.480 e. The Kier molecular flexibility index (Phi) is 6.13. The number of rotatable bonds is 5. The molecule has 2 saturated heterocycles. The van der Waals surface area contributed by atoms with E-state index in [-0.39, 0.29) is 11.4 Å². The van der Waals surface area contributed by atoms with E-state index in [1.165, 1.54) is 4.90 Å². The van der Waals surface area contributed by atoms with Crippen LogP contribution in [-0.4, -0.2) is 83.3 Å². The third kappa shape index (κ3) is 4.24. The van der Waals surface area contributed by atoms with Crippen LogP contribution < -0.4 is 10.6 Å². The predicted octanol–water partition coefficient (Wildman–Crippen LogP) is -0.161. The highest BCUT2D eigenvalue weighted by molar-refractivity contribution is 8.00. The Morgan fingerprint density at radius 3 is 2.71 bits per heavy atom. The van der Waals surface area contributed by atoms with Crippen molar-refractivity contribution in [3.63, 3.8) is 0 Å². The highest BCUT2D eigenvalue weighted by Gasteiger charge is 2.40. The van der Waals surface area contributed by atoms with Crippen LogP contribution in [0.4, 0.5) is 4.79 Å². The quantitative estimate of drug-likeness (QED) is 0.653. The minimum Gasteiger partial charge on any atom is -0.480 e. The van der Waals surface area contributed by atoms with Crippen LogP contribution in [0.25, 0.3) is 0 Å². The number of carboxylic acids is 1. The zero-order chi connectivity index (χ0) is 15.2. The Labute approximate surface area is 129 Å². The van der Waals surface area contributed by atoms with E-state index in [1.807, 2.05) is 6.92 Å². The molecule has 0 bridgehead atoms. The number of aliphatic carboxylic acids is 1. The second kappa shape index (κ2) is 7.86. The molecule has 3 N–H and O–H groups in total. The number of nitrogens with one attached hydrogen (secondary N) is 2. The molecule has 120 valence electrons. The molecule has 2 unspecified atom stereocenters. The van der Waals surface area contributed by atoms with Crippen molar-refractivity contribution in [2.45, 2.75) is 24.8 Å². The van der Waals surface area contributed by atoms with Gasteiger partial charge in [-0.3, -0.25) is 9.80 Å². The molecular formula is C13H24N4O3S. The normalized spacial score (nSPS) is 26.8. The van der Waals surface area contributed by atoms with Gasteiger partial charge in [-0.25, -0.2) is 9.59 Å². The van der Waals surface area contributed by atoms with Crippen molar-refractivity contribution in [3.05, 3.63) is 0 Å². The van der Waals surface area contributed by atoms with E-state index < -0.39 is 12.0 Å². The average molecular weight is 316 g/mol. The maximum absolute atomic E-state index is 12.3. The average Bonchev–Trinajstić information content (AvgIpc) is 2.92. The summed E-state index contributed by atoms with van der Waals surface area (Å²) in [5.41, 5.74) is 0. The second-order valence-corrected chi connectivity index (χ2v) is 6.49. The van der Waals surface area contributed by atoms with Gasteiger partial charge in [-0.05, 0) is 6.42 Å². The van der Waals surface area contributed by atoms with Crippen LogP contribution in [0.2, 0.25) is 0 Å². The Morgan fingerprint density at radius 2 is 2.10 bits per heavy atom. The first-order valence-electron chi connectivity index (χ1n) is 7.47. The Hall–Kier alpha value is -0.990. The van der Waals surface area contributed by atoms with Gasteiger partial charge in [-0.1, -0.05) is 6.92 Å². The molecule has 2 aliphatic heterocycles. The van der Waals surface area contributed by atoms with Crippen molar-refractivity contribution in [2.24, 2.45) is 0 Å². The van der Waals surface area contributed by atoms with E-state index in [4.69, 9.17) is 0 Å². The third-order valence-electron chi connectivity index (χ3n) is 3.88. The highest BCUT2D eigenvalue weighted by atomic mass is 32.2. The lowest BCUT2D eigenvalue weighted by atomic mass is 10.3. The predicted molar refractivity (Wildman–Crippen MR) is 82.5 cm³/mol. The summed E-state index contributed by atoms with van der Waals surface area (Å²) in [6.07, 6.45) is 0.764. The van der Waals surface area contributed by atoms with Crippen LogP contribution in [0.15, 0.2) is 0 Å². The lowest BCUT2D eigenvalue weighted by Gasteiger charge is -2.29. The van der Waals surface area contributed by atoms with Gasteiger partial charge in [0.05, 0.1) is 5.37 Å². The molecule has 2 aliphatic rings. The van der Waals surface area contributed by atoms with Crippen molar-refractivity contribution in [1.29, 1.82) is 0 Å². The molecule has 7 nitrogen and oxygen atoms in total. The summed E-state index contributed by atoms with van der Waals surface area (Å²) in [5, 5.41) is 15.3. The molecule has 0 spiro atoms. The van der Waals surface area contributed by atoms with Crippen LogP contribution in [0, 0.1) is 0 Å². The summed E-state index contributed by atoms with van der Waals surface area (Å²) in [6, 6.07) is -0.964. The first kappa shape index (κ1) is 16.4. The molecule has 2 rings (SSSR count). The Morgan fingerprint density at radius 1 is 1.38 bits per heavy atom. The molecule has 0 saturated carbocycles. The van der Waals surface area contributed by atoms with Crippen molar-refractivity contribution in [3.8, 4) is 0 Å². The van der Waals surface area contributed by atoms with Crippen molar-refractivity contribution >= 4 is 23.8 Å². The number of thioether (sulfide) groups is 1. The van der Waals surface area contributed by atoms with E-state index in [0.717, 1.165) is 39.1 Å². The fraction of sp³-hybridized carbons (Fsp3) is 0.846.